The predicted molar refractivity (Wildman–Crippen MR) is 79.2 cm³/mol. The van der Waals surface area contributed by atoms with Crippen molar-refractivity contribution in [2.45, 2.75) is 59.6 Å². The normalized spacial score (nSPS) is 14.9. The van der Waals surface area contributed by atoms with Gasteiger partial charge in [0.05, 0.1) is 11.8 Å². The third-order valence-electron chi connectivity index (χ3n) is 3.67. The lowest BCUT2D eigenvalue weighted by Crippen LogP contribution is -2.31. The third kappa shape index (κ3) is 4.32. The summed E-state index contributed by atoms with van der Waals surface area (Å²) in [5.41, 5.74) is 3.56. The molecule has 0 aliphatic rings. The number of nitrogens with zero attached hydrogens (tertiary/aromatic N) is 2. The van der Waals surface area contributed by atoms with Crippen LogP contribution in [0, 0.1) is 19.8 Å². The minimum atomic E-state index is -0.272. The monoisotopic (exact) mass is 267 g/mol. The Balaban J connectivity index is 2.68. The van der Waals surface area contributed by atoms with Gasteiger partial charge in [-0.15, -0.1) is 0 Å². The first-order valence-corrected chi connectivity index (χ1v) is 7.28. The van der Waals surface area contributed by atoms with E-state index in [4.69, 9.17) is 0 Å². The Morgan fingerprint density at radius 2 is 1.95 bits per heavy atom. The van der Waals surface area contributed by atoms with Gasteiger partial charge in [-0.05, 0) is 32.6 Å². The highest BCUT2D eigenvalue weighted by Crippen LogP contribution is 2.23. The fourth-order valence-electron chi connectivity index (χ4n) is 2.65. The quantitative estimate of drug-likeness (QED) is 0.798. The number of aliphatic hydroxyl groups is 1. The molecule has 1 aromatic heterocycles. The van der Waals surface area contributed by atoms with Gasteiger partial charge in [0.25, 0.3) is 0 Å². The average Bonchev–Trinajstić information content (AvgIpc) is 2.55. The Morgan fingerprint density at radius 3 is 2.37 bits per heavy atom. The van der Waals surface area contributed by atoms with Crippen molar-refractivity contribution in [3.05, 3.63) is 17.0 Å². The second kappa shape index (κ2) is 7.06. The first-order valence-electron chi connectivity index (χ1n) is 7.28. The standard InChI is InChI=1S/C15H29N3O/c1-7-14(16-9-13(19)8-10(2)3)15-11(4)17-18(6)12(15)5/h10,13-14,16,19H,7-9H2,1-6H3. The zero-order valence-electron chi connectivity index (χ0n) is 13.2. The van der Waals surface area contributed by atoms with Crippen molar-refractivity contribution in [2.24, 2.45) is 13.0 Å². The SMILES string of the molecule is CCC(NCC(O)CC(C)C)c1c(C)nn(C)c1C. The maximum absolute atomic E-state index is 9.97. The Kier molecular flexibility index (Phi) is 6.01. The van der Waals surface area contributed by atoms with Gasteiger partial charge in [-0.1, -0.05) is 20.8 Å². The molecule has 0 fully saturated rings. The molecule has 0 aliphatic heterocycles. The van der Waals surface area contributed by atoms with Crippen molar-refractivity contribution in [1.29, 1.82) is 0 Å². The van der Waals surface area contributed by atoms with Crippen LogP contribution in [0.1, 0.15) is 56.6 Å². The van der Waals surface area contributed by atoms with Gasteiger partial charge in [-0.3, -0.25) is 4.68 Å². The number of aliphatic hydroxyl groups excluding tert-OH is 1. The molecule has 1 rings (SSSR count). The number of rotatable bonds is 7. The van der Waals surface area contributed by atoms with Crippen LogP contribution < -0.4 is 5.32 Å². The molecule has 0 saturated heterocycles. The fraction of sp³-hybridized carbons (Fsp3) is 0.800. The van der Waals surface area contributed by atoms with Gasteiger partial charge >= 0.3 is 0 Å². The Bertz CT molecular complexity index is 398. The second-order valence-electron chi connectivity index (χ2n) is 5.86. The summed E-state index contributed by atoms with van der Waals surface area (Å²) in [4.78, 5) is 0. The van der Waals surface area contributed by atoms with E-state index in [-0.39, 0.29) is 12.1 Å². The van der Waals surface area contributed by atoms with Crippen molar-refractivity contribution < 1.29 is 5.11 Å². The highest BCUT2D eigenvalue weighted by molar-refractivity contribution is 5.28. The van der Waals surface area contributed by atoms with E-state index in [0.29, 0.717) is 12.5 Å². The molecule has 0 aliphatic carbocycles. The van der Waals surface area contributed by atoms with Crippen LogP contribution in [-0.4, -0.2) is 27.5 Å². The molecule has 110 valence electrons. The molecule has 2 atom stereocenters. The molecule has 2 unspecified atom stereocenters. The largest absolute Gasteiger partial charge is 0.392 e. The third-order valence-corrected chi connectivity index (χ3v) is 3.67. The lowest BCUT2D eigenvalue weighted by atomic mass is 10.0. The van der Waals surface area contributed by atoms with Gasteiger partial charge in [-0.2, -0.15) is 5.10 Å². The van der Waals surface area contributed by atoms with Crippen LogP contribution in [0.2, 0.25) is 0 Å². The summed E-state index contributed by atoms with van der Waals surface area (Å²) in [5, 5.41) is 17.9. The van der Waals surface area contributed by atoms with Gasteiger partial charge < -0.3 is 10.4 Å². The van der Waals surface area contributed by atoms with Crippen molar-refractivity contribution in [3.8, 4) is 0 Å². The number of hydrogen-bond donors (Lipinski definition) is 2. The van der Waals surface area contributed by atoms with Crippen molar-refractivity contribution in [2.75, 3.05) is 6.54 Å². The van der Waals surface area contributed by atoms with Crippen LogP contribution >= 0.6 is 0 Å². The fourth-order valence-corrected chi connectivity index (χ4v) is 2.65. The number of nitrogens with one attached hydrogen (secondary N) is 1. The Hall–Kier alpha value is -0.870. The molecule has 0 aromatic carbocycles. The summed E-state index contributed by atoms with van der Waals surface area (Å²) < 4.78 is 1.93. The van der Waals surface area contributed by atoms with Gasteiger partial charge in [0.1, 0.15) is 0 Å². The Labute approximate surface area is 117 Å². The Morgan fingerprint density at radius 1 is 1.32 bits per heavy atom. The molecule has 4 heteroatoms. The topological polar surface area (TPSA) is 50.1 Å². The van der Waals surface area contributed by atoms with E-state index in [1.54, 1.807) is 0 Å². The second-order valence-corrected chi connectivity index (χ2v) is 5.86. The van der Waals surface area contributed by atoms with Gasteiger partial charge in [0.2, 0.25) is 0 Å². The number of aromatic nitrogens is 2. The molecule has 0 spiro atoms. The van der Waals surface area contributed by atoms with E-state index in [1.165, 1.54) is 11.3 Å². The maximum atomic E-state index is 9.97. The van der Waals surface area contributed by atoms with Crippen molar-refractivity contribution >= 4 is 0 Å². The molecule has 0 bridgehead atoms. The van der Waals surface area contributed by atoms with Gasteiger partial charge in [0.15, 0.2) is 0 Å². The molecule has 1 aromatic rings. The average molecular weight is 267 g/mol. The van der Waals surface area contributed by atoms with Crippen LogP contribution in [0.15, 0.2) is 0 Å². The van der Waals surface area contributed by atoms with Crippen LogP contribution in [0.5, 0.6) is 0 Å². The van der Waals surface area contributed by atoms with E-state index < -0.39 is 0 Å². The molecule has 4 nitrogen and oxygen atoms in total. The minimum Gasteiger partial charge on any atom is -0.392 e. The van der Waals surface area contributed by atoms with Crippen LogP contribution in [0.3, 0.4) is 0 Å². The summed E-state index contributed by atoms with van der Waals surface area (Å²) in [6, 6.07) is 0.274. The van der Waals surface area contributed by atoms with Crippen LogP contribution in [-0.2, 0) is 7.05 Å². The molecule has 19 heavy (non-hydrogen) atoms. The molecule has 1 heterocycles. The first-order chi connectivity index (χ1) is 8.86. The summed E-state index contributed by atoms with van der Waals surface area (Å²) in [7, 11) is 1.98. The zero-order valence-corrected chi connectivity index (χ0v) is 13.2. The van der Waals surface area contributed by atoms with E-state index >= 15 is 0 Å². The minimum absolute atomic E-state index is 0.272. The lowest BCUT2D eigenvalue weighted by Gasteiger charge is -2.21. The smallest absolute Gasteiger partial charge is 0.0667 e. The van der Waals surface area contributed by atoms with E-state index in [2.05, 4.69) is 45.0 Å². The van der Waals surface area contributed by atoms with Gasteiger partial charge in [-0.25, -0.2) is 0 Å². The van der Waals surface area contributed by atoms with Crippen molar-refractivity contribution in [3.63, 3.8) is 0 Å². The van der Waals surface area contributed by atoms with E-state index in [9.17, 15) is 5.11 Å². The molecular weight excluding hydrogens is 238 g/mol. The summed E-state index contributed by atoms with van der Waals surface area (Å²) >= 11 is 0. The highest BCUT2D eigenvalue weighted by atomic mass is 16.3. The molecule has 0 amide bonds. The number of hydrogen-bond acceptors (Lipinski definition) is 3. The molecule has 2 N–H and O–H groups in total. The van der Waals surface area contributed by atoms with Crippen LogP contribution in [0.25, 0.3) is 0 Å². The van der Waals surface area contributed by atoms with Gasteiger partial charge in [0, 0.05) is 30.9 Å². The summed E-state index contributed by atoms with van der Waals surface area (Å²) in [5.74, 6) is 0.527. The number of aryl methyl sites for hydroxylation is 2. The predicted octanol–water partition coefficient (Wildman–Crippen LogP) is 2.48. The molecular formula is C15H29N3O. The summed E-state index contributed by atoms with van der Waals surface area (Å²) in [6.07, 6.45) is 1.57. The van der Waals surface area contributed by atoms with E-state index in [0.717, 1.165) is 18.5 Å². The first kappa shape index (κ1) is 16.2. The zero-order chi connectivity index (χ0) is 14.6. The highest BCUT2D eigenvalue weighted by Gasteiger charge is 2.19. The van der Waals surface area contributed by atoms with Crippen LogP contribution in [0.4, 0.5) is 0 Å². The molecule has 0 saturated carbocycles. The summed E-state index contributed by atoms with van der Waals surface area (Å²) in [6.45, 7) is 11.2. The van der Waals surface area contributed by atoms with Crippen molar-refractivity contribution in [1.82, 2.24) is 15.1 Å². The van der Waals surface area contributed by atoms with E-state index in [1.807, 2.05) is 11.7 Å². The lowest BCUT2D eigenvalue weighted by molar-refractivity contribution is 0.142. The maximum Gasteiger partial charge on any atom is 0.0667 e. The molecule has 0 radical (unpaired) electrons.